The molecule has 0 bridgehead atoms. The standard InChI is InChI=1S/C26H30N8O2/c1-32-8-10-33(11-9-32)18-2-5-23(28-16-18)30-22-4-3-19(20-17-29-25(35)24(20)22)21-6-7-27-26(31-21)34-12-14-36-15-13-34/h2-7,16H,8-15,17H2,1H3,(H,28,30)(H,29,35). The molecule has 5 heterocycles. The van der Waals surface area contributed by atoms with Crippen molar-refractivity contribution in [2.75, 3.05) is 74.6 Å². The molecule has 10 heteroatoms. The van der Waals surface area contributed by atoms with Gasteiger partial charge in [0.05, 0.1) is 42.0 Å². The lowest BCUT2D eigenvalue weighted by Gasteiger charge is -2.33. The van der Waals surface area contributed by atoms with Crippen molar-refractivity contribution in [3.63, 3.8) is 0 Å². The summed E-state index contributed by atoms with van der Waals surface area (Å²) in [5.41, 5.74) is 5.18. The number of rotatable bonds is 5. The van der Waals surface area contributed by atoms with E-state index in [0.717, 1.165) is 67.5 Å². The third kappa shape index (κ3) is 4.45. The van der Waals surface area contributed by atoms with Crippen molar-refractivity contribution in [1.82, 2.24) is 25.2 Å². The first-order valence-electron chi connectivity index (χ1n) is 12.4. The van der Waals surface area contributed by atoms with Crippen LogP contribution in [-0.4, -0.2) is 85.3 Å². The van der Waals surface area contributed by atoms with Crippen LogP contribution in [0.1, 0.15) is 15.9 Å². The molecule has 6 rings (SSSR count). The van der Waals surface area contributed by atoms with Crippen LogP contribution in [0.25, 0.3) is 11.3 Å². The van der Waals surface area contributed by atoms with Crippen LogP contribution in [0.4, 0.5) is 23.1 Å². The minimum Gasteiger partial charge on any atom is -0.378 e. The molecule has 3 aliphatic heterocycles. The molecule has 3 aliphatic rings. The Balaban J connectivity index is 1.25. The number of nitrogens with one attached hydrogen (secondary N) is 2. The summed E-state index contributed by atoms with van der Waals surface area (Å²) in [7, 11) is 2.15. The second-order valence-corrected chi connectivity index (χ2v) is 9.36. The summed E-state index contributed by atoms with van der Waals surface area (Å²) in [6, 6.07) is 9.91. The maximum Gasteiger partial charge on any atom is 0.254 e. The number of likely N-dealkylation sites (N-methyl/N-ethyl adjacent to an activating group) is 1. The Morgan fingerprint density at radius 3 is 2.56 bits per heavy atom. The Morgan fingerprint density at radius 2 is 1.78 bits per heavy atom. The highest BCUT2D eigenvalue weighted by molar-refractivity contribution is 6.06. The van der Waals surface area contributed by atoms with E-state index in [1.54, 1.807) is 6.20 Å². The van der Waals surface area contributed by atoms with Crippen LogP contribution < -0.4 is 20.4 Å². The van der Waals surface area contributed by atoms with E-state index in [1.165, 1.54) is 0 Å². The molecular weight excluding hydrogens is 456 g/mol. The molecule has 3 aromatic rings. The average molecular weight is 487 g/mol. The van der Waals surface area contributed by atoms with Gasteiger partial charge in [0.2, 0.25) is 5.95 Å². The molecule has 0 radical (unpaired) electrons. The maximum absolute atomic E-state index is 12.8. The third-order valence-corrected chi connectivity index (χ3v) is 7.06. The molecule has 0 aliphatic carbocycles. The smallest absolute Gasteiger partial charge is 0.254 e. The summed E-state index contributed by atoms with van der Waals surface area (Å²) in [4.78, 5) is 33.6. The molecule has 0 atom stereocenters. The number of piperazine rings is 1. The summed E-state index contributed by atoms with van der Waals surface area (Å²) >= 11 is 0. The van der Waals surface area contributed by atoms with Gasteiger partial charge >= 0.3 is 0 Å². The number of fused-ring (bicyclic) bond motifs is 1. The summed E-state index contributed by atoms with van der Waals surface area (Å²) in [5.74, 6) is 1.30. The van der Waals surface area contributed by atoms with Crippen LogP contribution in [0.15, 0.2) is 42.7 Å². The molecular formula is C26H30N8O2. The Labute approximate surface area is 210 Å². The number of hydrogen-bond acceptors (Lipinski definition) is 9. The van der Waals surface area contributed by atoms with Crippen LogP contribution in [0, 0.1) is 0 Å². The van der Waals surface area contributed by atoms with E-state index < -0.39 is 0 Å². The van der Waals surface area contributed by atoms with Gasteiger partial charge in [0.1, 0.15) is 5.82 Å². The lowest BCUT2D eigenvalue weighted by Crippen LogP contribution is -2.44. The van der Waals surface area contributed by atoms with Crippen LogP contribution in [0.3, 0.4) is 0 Å². The van der Waals surface area contributed by atoms with Crippen LogP contribution in [0.2, 0.25) is 0 Å². The SMILES string of the molecule is CN1CCN(c2ccc(Nc3ccc(-c4ccnc(N5CCOCC5)n4)c4c3C(=O)NC4)nc2)CC1. The highest BCUT2D eigenvalue weighted by atomic mass is 16.5. The fourth-order valence-electron chi connectivity index (χ4n) is 4.96. The second-order valence-electron chi connectivity index (χ2n) is 9.36. The van der Waals surface area contributed by atoms with Gasteiger partial charge in [0, 0.05) is 57.6 Å². The zero-order chi connectivity index (χ0) is 24.5. The van der Waals surface area contributed by atoms with E-state index in [2.05, 4.69) is 48.4 Å². The zero-order valence-corrected chi connectivity index (χ0v) is 20.4. The second kappa shape index (κ2) is 9.71. The molecule has 10 nitrogen and oxygen atoms in total. The minimum atomic E-state index is -0.0918. The van der Waals surface area contributed by atoms with Gasteiger partial charge in [-0.1, -0.05) is 6.07 Å². The van der Waals surface area contributed by atoms with Gasteiger partial charge in [-0.05, 0) is 36.9 Å². The summed E-state index contributed by atoms with van der Waals surface area (Å²) in [6.07, 6.45) is 3.68. The molecule has 0 spiro atoms. The number of carbonyl (C=O) groups excluding carboxylic acids is 1. The number of anilines is 4. The van der Waals surface area contributed by atoms with Crippen LogP contribution >= 0.6 is 0 Å². The van der Waals surface area contributed by atoms with E-state index in [0.29, 0.717) is 37.1 Å². The van der Waals surface area contributed by atoms with Crippen molar-refractivity contribution in [2.24, 2.45) is 0 Å². The molecule has 2 fully saturated rings. The predicted octanol–water partition coefficient (Wildman–Crippen LogP) is 2.11. The van der Waals surface area contributed by atoms with Gasteiger partial charge in [-0.15, -0.1) is 0 Å². The number of pyridine rings is 1. The minimum absolute atomic E-state index is 0.0918. The number of morpholine rings is 1. The molecule has 2 N–H and O–H groups in total. The summed E-state index contributed by atoms with van der Waals surface area (Å²) < 4.78 is 5.45. The van der Waals surface area contributed by atoms with Crippen LogP contribution in [0.5, 0.6) is 0 Å². The molecule has 0 unspecified atom stereocenters. The Hall–Kier alpha value is -3.76. The number of benzene rings is 1. The lowest BCUT2D eigenvalue weighted by molar-refractivity contribution is 0.0966. The van der Waals surface area contributed by atoms with E-state index in [1.807, 2.05) is 30.5 Å². The van der Waals surface area contributed by atoms with Gasteiger partial charge in [-0.2, -0.15) is 0 Å². The van der Waals surface area contributed by atoms with Crippen molar-refractivity contribution in [3.8, 4) is 11.3 Å². The molecule has 2 saturated heterocycles. The highest BCUT2D eigenvalue weighted by Gasteiger charge is 2.27. The molecule has 1 aromatic carbocycles. The van der Waals surface area contributed by atoms with E-state index in [9.17, 15) is 4.79 Å². The number of carbonyl (C=O) groups is 1. The van der Waals surface area contributed by atoms with E-state index >= 15 is 0 Å². The Kier molecular flexibility index (Phi) is 6.12. The summed E-state index contributed by atoms with van der Waals surface area (Å²) in [5, 5.41) is 6.33. The summed E-state index contributed by atoms with van der Waals surface area (Å²) in [6.45, 7) is 7.44. The van der Waals surface area contributed by atoms with Gasteiger partial charge in [-0.3, -0.25) is 4.79 Å². The third-order valence-electron chi connectivity index (χ3n) is 7.06. The van der Waals surface area contributed by atoms with Crippen molar-refractivity contribution in [3.05, 3.63) is 53.9 Å². The van der Waals surface area contributed by atoms with E-state index in [-0.39, 0.29) is 5.91 Å². The Bertz CT molecular complexity index is 1250. The first-order chi connectivity index (χ1) is 17.7. The van der Waals surface area contributed by atoms with Gasteiger partial charge in [0.15, 0.2) is 0 Å². The normalized spacial score (nSPS) is 18.2. The molecule has 0 saturated carbocycles. The van der Waals surface area contributed by atoms with Gasteiger partial charge < -0.3 is 30.1 Å². The molecule has 186 valence electrons. The highest BCUT2D eigenvalue weighted by Crippen LogP contribution is 2.35. The van der Waals surface area contributed by atoms with Crippen LogP contribution in [-0.2, 0) is 11.3 Å². The number of ether oxygens (including phenoxy) is 1. The van der Waals surface area contributed by atoms with Crippen molar-refractivity contribution < 1.29 is 9.53 Å². The monoisotopic (exact) mass is 486 g/mol. The molecule has 2 aromatic heterocycles. The molecule has 1 amide bonds. The number of amides is 1. The number of nitrogens with zero attached hydrogens (tertiary/aromatic N) is 6. The largest absolute Gasteiger partial charge is 0.378 e. The fourth-order valence-corrected chi connectivity index (χ4v) is 4.96. The fraction of sp³-hybridized carbons (Fsp3) is 0.385. The zero-order valence-electron chi connectivity index (χ0n) is 20.4. The van der Waals surface area contributed by atoms with Crippen molar-refractivity contribution in [1.29, 1.82) is 0 Å². The lowest BCUT2D eigenvalue weighted by atomic mass is 9.98. The van der Waals surface area contributed by atoms with Crippen molar-refractivity contribution >= 4 is 29.0 Å². The maximum atomic E-state index is 12.8. The first kappa shape index (κ1) is 22.7. The first-order valence-corrected chi connectivity index (χ1v) is 12.4. The topological polar surface area (TPSA) is 98.8 Å². The number of aromatic nitrogens is 3. The van der Waals surface area contributed by atoms with Gasteiger partial charge in [0.25, 0.3) is 5.91 Å². The van der Waals surface area contributed by atoms with Crippen molar-refractivity contribution in [2.45, 2.75) is 6.54 Å². The predicted molar refractivity (Wildman–Crippen MR) is 139 cm³/mol. The average Bonchev–Trinajstić information content (AvgIpc) is 3.32. The Morgan fingerprint density at radius 1 is 0.944 bits per heavy atom. The quantitative estimate of drug-likeness (QED) is 0.562. The molecule has 36 heavy (non-hydrogen) atoms. The van der Waals surface area contributed by atoms with E-state index in [4.69, 9.17) is 9.72 Å². The van der Waals surface area contributed by atoms with Gasteiger partial charge in [-0.25, -0.2) is 15.0 Å². The number of hydrogen-bond donors (Lipinski definition) is 2.